The van der Waals surface area contributed by atoms with Crippen molar-refractivity contribution in [3.63, 3.8) is 0 Å². The number of hydrogen-bond acceptors (Lipinski definition) is 4. The number of rotatable bonds is 5. The Morgan fingerprint density at radius 1 is 0.861 bits per heavy atom. The summed E-state index contributed by atoms with van der Waals surface area (Å²) >= 11 is 0. The molecule has 0 fully saturated rings. The third-order valence-corrected chi connectivity index (χ3v) is 5.66. The Hall–Kier alpha value is -4.59. The first-order chi connectivity index (χ1) is 17.2. The molecule has 36 heavy (non-hydrogen) atoms. The van der Waals surface area contributed by atoms with Gasteiger partial charge in [0.25, 0.3) is 0 Å². The fraction of sp³-hybridized carbons (Fsp3) is 0.179. The maximum atomic E-state index is 12.8. The number of nitrogens with one attached hydrogen (secondary N) is 2. The Bertz CT molecular complexity index is 1510. The minimum Gasteiger partial charge on any atom is -0.457 e. The summed E-state index contributed by atoms with van der Waals surface area (Å²) in [7, 11) is 1.89. The number of hydrogen-bond donors (Lipinski definition) is 2. The average molecular weight is 481 g/mol. The molecule has 0 aliphatic rings. The molecule has 0 atom stereocenters. The highest BCUT2D eigenvalue weighted by atomic mass is 16.5. The third-order valence-electron chi connectivity index (χ3n) is 5.66. The summed E-state index contributed by atoms with van der Waals surface area (Å²) in [4.78, 5) is 12.8. The van der Waals surface area contributed by atoms with Gasteiger partial charge in [0, 0.05) is 35.8 Å². The van der Waals surface area contributed by atoms with Gasteiger partial charge in [-0.15, -0.1) is 0 Å². The summed E-state index contributed by atoms with van der Waals surface area (Å²) in [5, 5.41) is 15.9. The lowest BCUT2D eigenvalue weighted by molar-refractivity contribution is 0.262. The van der Waals surface area contributed by atoms with E-state index in [0.29, 0.717) is 17.3 Å². The van der Waals surface area contributed by atoms with Crippen LogP contribution in [0.2, 0.25) is 0 Å². The lowest BCUT2D eigenvalue weighted by atomic mass is 9.92. The average Bonchev–Trinajstić information content (AvgIpc) is 3.43. The highest BCUT2D eigenvalue weighted by molar-refractivity contribution is 5.99. The van der Waals surface area contributed by atoms with E-state index in [1.807, 2.05) is 80.0 Å². The van der Waals surface area contributed by atoms with Crippen molar-refractivity contribution in [1.82, 2.24) is 19.6 Å². The van der Waals surface area contributed by atoms with Crippen LogP contribution in [-0.4, -0.2) is 25.6 Å². The fourth-order valence-corrected chi connectivity index (χ4v) is 3.81. The number of aryl methyl sites for hydroxylation is 1. The molecule has 0 bridgehead atoms. The van der Waals surface area contributed by atoms with Crippen molar-refractivity contribution >= 4 is 28.4 Å². The molecule has 2 heterocycles. The Kier molecular flexibility index (Phi) is 5.93. The van der Waals surface area contributed by atoms with E-state index in [9.17, 15) is 4.79 Å². The minimum absolute atomic E-state index is 0.162. The Morgan fingerprint density at radius 2 is 1.58 bits per heavy atom. The Labute approximate surface area is 209 Å². The molecule has 0 saturated heterocycles. The predicted molar refractivity (Wildman–Crippen MR) is 142 cm³/mol. The second-order valence-corrected chi connectivity index (χ2v) is 9.64. The fourth-order valence-electron chi connectivity index (χ4n) is 3.81. The van der Waals surface area contributed by atoms with Gasteiger partial charge in [0.2, 0.25) is 0 Å². The maximum Gasteiger partial charge on any atom is 0.324 e. The molecule has 0 spiro atoms. The zero-order chi connectivity index (χ0) is 25.3. The second-order valence-electron chi connectivity index (χ2n) is 9.64. The van der Waals surface area contributed by atoms with Crippen LogP contribution in [0.1, 0.15) is 26.5 Å². The zero-order valence-corrected chi connectivity index (χ0v) is 20.7. The monoisotopic (exact) mass is 480 g/mol. The number of nitrogens with zero attached hydrogens (tertiary/aromatic N) is 4. The van der Waals surface area contributed by atoms with Crippen LogP contribution in [0.5, 0.6) is 11.5 Å². The standard InChI is InChI=1S/C28H28N6O2/c1-28(2,3)25-17-26(34(32-25)21-8-6-5-7-9-21)30-27(35)29-20-10-12-22(13-11-20)36-23-14-15-24-19(16-23)18-33(4)31-24/h5-18H,1-4H3,(H2,29,30,35). The number of anilines is 2. The summed E-state index contributed by atoms with van der Waals surface area (Å²) in [6.45, 7) is 6.27. The van der Waals surface area contributed by atoms with Crippen molar-refractivity contribution in [2.75, 3.05) is 10.6 Å². The van der Waals surface area contributed by atoms with Crippen LogP contribution in [0.3, 0.4) is 0 Å². The van der Waals surface area contributed by atoms with Crippen LogP contribution in [0.4, 0.5) is 16.3 Å². The molecule has 3 aromatic carbocycles. The number of benzene rings is 3. The number of carbonyl (C=O) groups is 1. The number of carbonyl (C=O) groups excluding carboxylic acids is 1. The van der Waals surface area contributed by atoms with E-state index in [2.05, 4.69) is 36.5 Å². The van der Waals surface area contributed by atoms with Crippen molar-refractivity contribution in [3.8, 4) is 17.2 Å². The van der Waals surface area contributed by atoms with Crippen LogP contribution in [-0.2, 0) is 12.5 Å². The van der Waals surface area contributed by atoms with E-state index < -0.39 is 0 Å². The molecule has 5 aromatic rings. The number of urea groups is 1. The van der Waals surface area contributed by atoms with Crippen LogP contribution in [0.25, 0.3) is 16.6 Å². The maximum absolute atomic E-state index is 12.8. The van der Waals surface area contributed by atoms with E-state index in [0.717, 1.165) is 28.0 Å². The van der Waals surface area contributed by atoms with Gasteiger partial charge in [-0.05, 0) is 54.6 Å². The number of para-hydroxylation sites is 1. The normalized spacial score (nSPS) is 11.4. The van der Waals surface area contributed by atoms with E-state index in [-0.39, 0.29) is 11.4 Å². The van der Waals surface area contributed by atoms with Gasteiger partial charge in [-0.25, -0.2) is 9.48 Å². The highest BCUT2D eigenvalue weighted by Crippen LogP contribution is 2.28. The topological polar surface area (TPSA) is 86.0 Å². The number of ether oxygens (including phenoxy) is 1. The summed E-state index contributed by atoms with van der Waals surface area (Å²) in [6, 6.07) is 24.3. The summed E-state index contributed by atoms with van der Waals surface area (Å²) in [5.74, 6) is 1.98. The van der Waals surface area contributed by atoms with Crippen LogP contribution in [0, 0.1) is 0 Å². The minimum atomic E-state index is -0.358. The lowest BCUT2D eigenvalue weighted by Gasteiger charge is -2.14. The first-order valence-corrected chi connectivity index (χ1v) is 11.7. The van der Waals surface area contributed by atoms with Gasteiger partial charge >= 0.3 is 6.03 Å². The van der Waals surface area contributed by atoms with E-state index in [1.165, 1.54) is 0 Å². The van der Waals surface area contributed by atoms with Crippen molar-refractivity contribution in [1.29, 1.82) is 0 Å². The number of aromatic nitrogens is 4. The van der Waals surface area contributed by atoms with Crippen LogP contribution in [0.15, 0.2) is 85.1 Å². The molecule has 0 saturated carbocycles. The number of amides is 2. The van der Waals surface area contributed by atoms with Gasteiger partial charge in [0.15, 0.2) is 0 Å². The molecule has 8 heteroatoms. The van der Waals surface area contributed by atoms with Crippen molar-refractivity contribution < 1.29 is 9.53 Å². The molecule has 182 valence electrons. The molecular weight excluding hydrogens is 452 g/mol. The molecule has 8 nitrogen and oxygen atoms in total. The molecule has 2 aromatic heterocycles. The SMILES string of the molecule is Cn1cc2cc(Oc3ccc(NC(=O)Nc4cc(C(C)(C)C)nn4-c4ccccc4)cc3)ccc2n1. The van der Waals surface area contributed by atoms with Crippen LogP contribution >= 0.6 is 0 Å². The smallest absolute Gasteiger partial charge is 0.324 e. The highest BCUT2D eigenvalue weighted by Gasteiger charge is 2.21. The molecular formula is C28H28N6O2. The first kappa shape index (κ1) is 23.2. The van der Waals surface area contributed by atoms with Gasteiger partial charge in [0.05, 0.1) is 16.9 Å². The van der Waals surface area contributed by atoms with E-state index >= 15 is 0 Å². The summed E-state index contributed by atoms with van der Waals surface area (Å²) in [5.41, 5.74) is 3.15. The lowest BCUT2D eigenvalue weighted by Crippen LogP contribution is -2.21. The Morgan fingerprint density at radius 3 is 2.31 bits per heavy atom. The molecule has 2 N–H and O–H groups in total. The molecule has 0 aliphatic carbocycles. The summed E-state index contributed by atoms with van der Waals surface area (Å²) < 4.78 is 9.49. The molecule has 2 amide bonds. The van der Waals surface area contributed by atoms with Crippen LogP contribution < -0.4 is 15.4 Å². The van der Waals surface area contributed by atoms with Gasteiger partial charge in [-0.3, -0.25) is 10.00 Å². The van der Waals surface area contributed by atoms with Crippen molar-refractivity contribution in [2.24, 2.45) is 7.05 Å². The Balaban J connectivity index is 1.28. The quantitative estimate of drug-likeness (QED) is 0.301. The van der Waals surface area contributed by atoms with Crippen molar-refractivity contribution in [3.05, 3.63) is 90.8 Å². The predicted octanol–water partition coefficient (Wildman–Crippen LogP) is 6.49. The zero-order valence-electron chi connectivity index (χ0n) is 20.7. The van der Waals surface area contributed by atoms with Gasteiger partial charge in [0.1, 0.15) is 17.3 Å². The van der Waals surface area contributed by atoms with E-state index in [1.54, 1.807) is 21.5 Å². The van der Waals surface area contributed by atoms with Gasteiger partial charge in [-0.2, -0.15) is 10.2 Å². The molecule has 5 rings (SSSR count). The van der Waals surface area contributed by atoms with E-state index in [4.69, 9.17) is 9.84 Å². The van der Waals surface area contributed by atoms with Gasteiger partial charge in [-0.1, -0.05) is 39.0 Å². The first-order valence-electron chi connectivity index (χ1n) is 11.7. The molecule has 0 unspecified atom stereocenters. The largest absolute Gasteiger partial charge is 0.457 e. The third kappa shape index (κ3) is 5.07. The van der Waals surface area contributed by atoms with Gasteiger partial charge < -0.3 is 10.1 Å². The number of fused-ring (bicyclic) bond motifs is 1. The molecule has 0 radical (unpaired) electrons. The second kappa shape index (κ2) is 9.22. The summed E-state index contributed by atoms with van der Waals surface area (Å²) in [6.07, 6.45) is 1.95. The van der Waals surface area contributed by atoms with Crippen molar-refractivity contribution in [2.45, 2.75) is 26.2 Å². The molecule has 0 aliphatic heterocycles.